The van der Waals surface area contributed by atoms with Gasteiger partial charge in [0.2, 0.25) is 0 Å². The van der Waals surface area contributed by atoms with Crippen molar-refractivity contribution < 1.29 is 0 Å². The second kappa shape index (κ2) is 3.95. The molecule has 0 bridgehead atoms. The van der Waals surface area contributed by atoms with E-state index in [1.165, 1.54) is 0 Å². The monoisotopic (exact) mass is 166 g/mol. The zero-order chi connectivity index (χ0) is 8.10. The molecule has 0 aromatic carbocycles. The minimum atomic E-state index is 0.352. The fourth-order valence-corrected chi connectivity index (χ4v) is 0.955. The maximum Gasteiger partial charge on any atom is 0.0774 e. The van der Waals surface area contributed by atoms with Crippen LogP contribution in [0.5, 0.6) is 0 Å². The van der Waals surface area contributed by atoms with Gasteiger partial charge in [-0.15, -0.1) is 11.6 Å². The van der Waals surface area contributed by atoms with Crippen molar-refractivity contribution in [1.29, 1.82) is 5.26 Å². The zero-order valence-corrected chi connectivity index (χ0v) is 6.67. The largest absolute Gasteiger partial charge is 0.260 e. The molecule has 0 aliphatic heterocycles. The zero-order valence-electron chi connectivity index (χ0n) is 5.92. The SMILES string of the molecule is N#CCc1cc(CCl)ccn1. The number of alkyl halides is 1. The van der Waals surface area contributed by atoms with Crippen LogP contribution >= 0.6 is 11.6 Å². The average molecular weight is 167 g/mol. The van der Waals surface area contributed by atoms with E-state index in [2.05, 4.69) is 4.98 Å². The highest BCUT2D eigenvalue weighted by atomic mass is 35.5. The number of halogens is 1. The molecule has 0 amide bonds. The summed E-state index contributed by atoms with van der Waals surface area (Å²) >= 11 is 5.59. The second-order valence-electron chi connectivity index (χ2n) is 2.12. The van der Waals surface area contributed by atoms with Crippen molar-refractivity contribution in [3.05, 3.63) is 29.6 Å². The first-order valence-corrected chi connectivity index (χ1v) is 3.77. The molecular weight excluding hydrogens is 160 g/mol. The third-order valence-corrected chi connectivity index (χ3v) is 1.60. The normalized spacial score (nSPS) is 9.09. The number of rotatable bonds is 2. The third kappa shape index (κ3) is 2.21. The van der Waals surface area contributed by atoms with Gasteiger partial charge >= 0.3 is 0 Å². The summed E-state index contributed by atoms with van der Waals surface area (Å²) in [7, 11) is 0. The molecule has 3 heteroatoms. The molecule has 11 heavy (non-hydrogen) atoms. The Morgan fingerprint density at radius 2 is 2.45 bits per heavy atom. The van der Waals surface area contributed by atoms with Gasteiger partial charge in [0, 0.05) is 12.1 Å². The van der Waals surface area contributed by atoms with Crippen LogP contribution in [-0.2, 0) is 12.3 Å². The van der Waals surface area contributed by atoms with Gasteiger partial charge in [0.1, 0.15) is 0 Å². The van der Waals surface area contributed by atoms with Crippen LogP contribution in [0.15, 0.2) is 18.3 Å². The van der Waals surface area contributed by atoms with Crippen molar-refractivity contribution in [2.45, 2.75) is 12.3 Å². The fourth-order valence-electron chi connectivity index (χ4n) is 0.789. The molecule has 0 atom stereocenters. The molecule has 0 saturated carbocycles. The Bertz CT molecular complexity index is 278. The van der Waals surface area contributed by atoms with Crippen LogP contribution in [0.4, 0.5) is 0 Å². The number of hydrogen-bond donors (Lipinski definition) is 0. The Hall–Kier alpha value is -1.07. The van der Waals surface area contributed by atoms with Crippen LogP contribution in [0.3, 0.4) is 0 Å². The highest BCUT2D eigenvalue weighted by molar-refractivity contribution is 6.17. The van der Waals surface area contributed by atoms with Crippen molar-refractivity contribution in [2.24, 2.45) is 0 Å². The average Bonchev–Trinajstić information content (AvgIpc) is 2.06. The van der Waals surface area contributed by atoms with Crippen LogP contribution in [0.2, 0.25) is 0 Å². The third-order valence-electron chi connectivity index (χ3n) is 1.30. The molecular formula is C8H7ClN2. The molecule has 56 valence electrons. The van der Waals surface area contributed by atoms with Crippen molar-refractivity contribution in [3.63, 3.8) is 0 Å². The van der Waals surface area contributed by atoms with Gasteiger partial charge in [-0.3, -0.25) is 4.98 Å². The summed E-state index contributed by atoms with van der Waals surface area (Å²) < 4.78 is 0. The Morgan fingerprint density at radius 1 is 1.64 bits per heavy atom. The maximum absolute atomic E-state index is 8.36. The molecule has 0 N–H and O–H groups in total. The van der Waals surface area contributed by atoms with Gasteiger partial charge in [0.25, 0.3) is 0 Å². The molecule has 0 radical (unpaired) electrons. The van der Waals surface area contributed by atoms with E-state index in [1.807, 2.05) is 18.2 Å². The van der Waals surface area contributed by atoms with Crippen LogP contribution in [0.25, 0.3) is 0 Å². The van der Waals surface area contributed by atoms with Gasteiger partial charge in [-0.25, -0.2) is 0 Å². The van der Waals surface area contributed by atoms with Crippen LogP contribution in [0.1, 0.15) is 11.3 Å². The summed E-state index contributed by atoms with van der Waals surface area (Å²) in [6, 6.07) is 5.71. The Kier molecular flexibility index (Phi) is 2.88. The molecule has 1 heterocycles. The lowest BCUT2D eigenvalue weighted by Crippen LogP contribution is -1.88. The van der Waals surface area contributed by atoms with Gasteiger partial charge in [-0.1, -0.05) is 0 Å². The molecule has 1 rings (SSSR count). The van der Waals surface area contributed by atoms with E-state index in [0.717, 1.165) is 11.3 Å². The first-order chi connectivity index (χ1) is 5.36. The molecule has 0 aliphatic carbocycles. The smallest absolute Gasteiger partial charge is 0.0774 e. The Labute approximate surface area is 70.4 Å². The van der Waals surface area contributed by atoms with E-state index in [0.29, 0.717) is 12.3 Å². The highest BCUT2D eigenvalue weighted by Gasteiger charge is 1.94. The lowest BCUT2D eigenvalue weighted by Gasteiger charge is -1.95. The highest BCUT2D eigenvalue weighted by Crippen LogP contribution is 2.04. The van der Waals surface area contributed by atoms with Gasteiger partial charge in [0.05, 0.1) is 18.2 Å². The quantitative estimate of drug-likeness (QED) is 0.630. The van der Waals surface area contributed by atoms with Crippen LogP contribution in [0, 0.1) is 11.3 Å². The summed E-state index contributed by atoms with van der Waals surface area (Å²) in [5.74, 6) is 0.473. The fraction of sp³-hybridized carbons (Fsp3) is 0.250. The topological polar surface area (TPSA) is 36.7 Å². The van der Waals surface area contributed by atoms with Crippen LogP contribution in [-0.4, -0.2) is 4.98 Å². The summed E-state index contributed by atoms with van der Waals surface area (Å²) in [5, 5.41) is 8.36. The second-order valence-corrected chi connectivity index (χ2v) is 2.39. The van der Waals surface area contributed by atoms with Gasteiger partial charge < -0.3 is 0 Å². The molecule has 1 aromatic rings. The number of hydrogen-bond acceptors (Lipinski definition) is 2. The van der Waals surface area contributed by atoms with Crippen molar-refractivity contribution in [1.82, 2.24) is 4.98 Å². The summed E-state index contributed by atoms with van der Waals surface area (Å²) in [4.78, 5) is 4.00. The molecule has 2 nitrogen and oxygen atoms in total. The summed E-state index contributed by atoms with van der Waals surface area (Å²) in [6.45, 7) is 0. The number of pyridine rings is 1. The molecule has 1 aromatic heterocycles. The number of nitriles is 1. The van der Waals surface area contributed by atoms with Crippen LogP contribution < -0.4 is 0 Å². The van der Waals surface area contributed by atoms with E-state index in [1.54, 1.807) is 6.20 Å². The summed E-state index contributed by atoms with van der Waals surface area (Å²) in [6.07, 6.45) is 2.02. The molecule has 0 fully saturated rings. The Balaban J connectivity index is 2.84. The molecule has 0 unspecified atom stereocenters. The maximum atomic E-state index is 8.36. The van der Waals surface area contributed by atoms with E-state index in [4.69, 9.17) is 16.9 Å². The van der Waals surface area contributed by atoms with Gasteiger partial charge in [-0.2, -0.15) is 5.26 Å². The summed E-state index contributed by atoms with van der Waals surface area (Å²) in [5.41, 5.74) is 1.79. The Morgan fingerprint density at radius 3 is 3.09 bits per heavy atom. The first kappa shape index (κ1) is 8.03. The van der Waals surface area contributed by atoms with Gasteiger partial charge in [0.15, 0.2) is 0 Å². The minimum absolute atomic E-state index is 0.352. The number of nitrogens with zero attached hydrogens (tertiary/aromatic N) is 2. The predicted molar refractivity (Wildman–Crippen MR) is 43.1 cm³/mol. The van der Waals surface area contributed by atoms with E-state index < -0.39 is 0 Å². The first-order valence-electron chi connectivity index (χ1n) is 3.23. The molecule has 0 spiro atoms. The molecule has 0 aliphatic rings. The van der Waals surface area contributed by atoms with Crippen molar-refractivity contribution in [2.75, 3.05) is 0 Å². The standard InChI is InChI=1S/C8H7ClN2/c9-6-7-2-4-11-8(5-7)1-3-10/h2,4-5H,1,6H2. The number of aromatic nitrogens is 1. The minimum Gasteiger partial charge on any atom is -0.260 e. The lowest BCUT2D eigenvalue weighted by atomic mass is 10.2. The van der Waals surface area contributed by atoms with E-state index in [-0.39, 0.29) is 0 Å². The van der Waals surface area contributed by atoms with E-state index in [9.17, 15) is 0 Å². The van der Waals surface area contributed by atoms with E-state index >= 15 is 0 Å². The van der Waals surface area contributed by atoms with Crippen molar-refractivity contribution >= 4 is 11.6 Å². The predicted octanol–water partition coefficient (Wildman–Crippen LogP) is 1.89. The lowest BCUT2D eigenvalue weighted by molar-refractivity contribution is 1.10. The van der Waals surface area contributed by atoms with Crippen molar-refractivity contribution in [3.8, 4) is 6.07 Å². The van der Waals surface area contributed by atoms with Gasteiger partial charge in [-0.05, 0) is 17.7 Å². The molecule has 0 saturated heterocycles.